The number of hydrogen-bond donors (Lipinski definition) is 4. The second kappa shape index (κ2) is 14.4. The summed E-state index contributed by atoms with van der Waals surface area (Å²) in [7, 11) is -4.45. The Morgan fingerprint density at radius 2 is 1.78 bits per heavy atom. The number of aliphatic hydroxyl groups excluding tert-OH is 1. The van der Waals surface area contributed by atoms with Gasteiger partial charge in [0.1, 0.15) is 24.2 Å². The highest BCUT2D eigenvalue weighted by molar-refractivity contribution is 7.89. The number of aliphatic hydroxyl groups is 1. The summed E-state index contributed by atoms with van der Waals surface area (Å²) in [6, 6.07) is 18.7. The molecule has 1 spiro atoms. The minimum Gasteiger partial charge on any atom is -0.496 e. The molecule has 2 aliphatic heterocycles. The number of benzene rings is 3. The van der Waals surface area contributed by atoms with Gasteiger partial charge in [-0.25, -0.2) is 21.6 Å². The van der Waals surface area contributed by atoms with Crippen molar-refractivity contribution in [2.24, 2.45) is 5.73 Å². The molecule has 2 aliphatic rings. The van der Waals surface area contributed by atoms with E-state index in [-0.39, 0.29) is 29.0 Å². The molecule has 3 aromatic rings. The quantitative estimate of drug-likeness (QED) is 0.211. The van der Waals surface area contributed by atoms with Crippen LogP contribution in [0.5, 0.6) is 11.5 Å². The van der Waals surface area contributed by atoms with E-state index in [2.05, 4.69) is 10.0 Å². The zero-order valence-electron chi connectivity index (χ0n) is 26.0. The maximum Gasteiger partial charge on any atom is 0.243 e. The van der Waals surface area contributed by atoms with Gasteiger partial charge in [0.25, 0.3) is 0 Å². The van der Waals surface area contributed by atoms with Crippen molar-refractivity contribution in [3.8, 4) is 22.6 Å². The molecule has 12 nitrogen and oxygen atoms in total. The van der Waals surface area contributed by atoms with Crippen molar-refractivity contribution in [2.45, 2.75) is 53.3 Å². The largest absolute Gasteiger partial charge is 0.496 e. The molecular formula is C32H42N4O8S2. The molecule has 0 radical (unpaired) electrons. The van der Waals surface area contributed by atoms with E-state index < -0.39 is 31.8 Å². The molecule has 5 rings (SSSR count). The van der Waals surface area contributed by atoms with E-state index in [1.54, 1.807) is 37.4 Å². The molecule has 2 unspecified atom stereocenters. The maximum atomic E-state index is 13.7. The van der Waals surface area contributed by atoms with Crippen molar-refractivity contribution in [2.75, 3.05) is 47.0 Å². The Kier molecular flexibility index (Phi) is 10.7. The van der Waals surface area contributed by atoms with Crippen LogP contribution in [0.1, 0.15) is 24.8 Å². The summed E-state index contributed by atoms with van der Waals surface area (Å²) in [6.07, 6.45) is 0.988. The molecule has 0 bridgehead atoms. The third kappa shape index (κ3) is 7.72. The summed E-state index contributed by atoms with van der Waals surface area (Å²) in [4.78, 5) is 0.288. The van der Waals surface area contributed by atoms with Gasteiger partial charge in [0.05, 0.1) is 29.1 Å². The van der Waals surface area contributed by atoms with Crippen LogP contribution in [-0.4, -0.2) is 91.0 Å². The molecule has 2 heterocycles. The normalized spacial score (nSPS) is 19.3. The molecule has 5 N–H and O–H groups in total. The highest BCUT2D eigenvalue weighted by Gasteiger charge is 2.44. The van der Waals surface area contributed by atoms with Crippen molar-refractivity contribution in [1.82, 2.24) is 14.3 Å². The number of nitrogens with zero attached hydrogens (tertiary/aromatic N) is 1. The smallest absolute Gasteiger partial charge is 0.243 e. The van der Waals surface area contributed by atoms with Crippen LogP contribution >= 0.6 is 0 Å². The number of sulfonamides is 2. The number of ether oxygens (including phenoxy) is 3. The number of piperidine rings is 1. The fraction of sp³-hybridized carbons (Fsp3) is 0.438. The van der Waals surface area contributed by atoms with E-state index in [0.717, 1.165) is 11.1 Å². The summed E-state index contributed by atoms with van der Waals surface area (Å²) >= 11 is 0. The molecule has 3 aromatic carbocycles. The van der Waals surface area contributed by atoms with E-state index >= 15 is 0 Å². The van der Waals surface area contributed by atoms with Crippen LogP contribution in [0.2, 0.25) is 0 Å². The molecule has 14 heteroatoms. The first-order valence-corrected chi connectivity index (χ1v) is 18.1. The summed E-state index contributed by atoms with van der Waals surface area (Å²) in [5.74, 6) is 0.924. The van der Waals surface area contributed by atoms with Gasteiger partial charge in [-0.2, -0.15) is 4.31 Å². The Morgan fingerprint density at radius 1 is 1.04 bits per heavy atom. The summed E-state index contributed by atoms with van der Waals surface area (Å²) in [5, 5.41) is 13.8. The van der Waals surface area contributed by atoms with Crippen LogP contribution in [0.4, 0.5) is 0 Å². The van der Waals surface area contributed by atoms with E-state index in [9.17, 15) is 21.9 Å². The average Bonchev–Trinajstić information content (AvgIpc) is 3.48. The Hall–Kier alpha value is -3.08. The maximum absolute atomic E-state index is 13.7. The first-order chi connectivity index (χ1) is 22.0. The first kappa shape index (κ1) is 34.3. The van der Waals surface area contributed by atoms with E-state index in [1.165, 1.54) is 23.5 Å². The minimum absolute atomic E-state index is 0.00304. The van der Waals surface area contributed by atoms with Crippen LogP contribution in [0, 0.1) is 0 Å². The zero-order chi connectivity index (χ0) is 33.0. The van der Waals surface area contributed by atoms with E-state index in [4.69, 9.17) is 19.9 Å². The molecule has 0 aliphatic carbocycles. The second-order valence-electron chi connectivity index (χ2n) is 11.6. The van der Waals surface area contributed by atoms with Gasteiger partial charge in [0.15, 0.2) is 0 Å². The van der Waals surface area contributed by atoms with Crippen LogP contribution in [0.25, 0.3) is 11.1 Å². The molecule has 46 heavy (non-hydrogen) atoms. The molecular weight excluding hydrogens is 633 g/mol. The topological polar surface area (TPSA) is 170 Å². The first-order valence-electron chi connectivity index (χ1n) is 15.2. The Balaban J connectivity index is 1.13. The molecule has 2 atom stereocenters. The third-order valence-corrected chi connectivity index (χ3v) is 11.9. The molecule has 0 aromatic heterocycles. The van der Waals surface area contributed by atoms with Gasteiger partial charge < -0.3 is 30.4 Å². The van der Waals surface area contributed by atoms with Crippen molar-refractivity contribution in [3.63, 3.8) is 0 Å². The number of methoxy groups -OCH3 is 1. The lowest BCUT2D eigenvalue weighted by Gasteiger charge is -2.38. The van der Waals surface area contributed by atoms with E-state index in [1.807, 2.05) is 24.3 Å². The predicted octanol–water partition coefficient (Wildman–Crippen LogP) is 2.07. The van der Waals surface area contributed by atoms with Crippen LogP contribution in [-0.2, 0) is 31.3 Å². The lowest BCUT2D eigenvalue weighted by atomic mass is 9.88. The van der Waals surface area contributed by atoms with Crippen molar-refractivity contribution in [3.05, 3.63) is 72.3 Å². The van der Waals surface area contributed by atoms with Crippen LogP contribution in [0.15, 0.2) is 76.5 Å². The van der Waals surface area contributed by atoms with Crippen LogP contribution < -0.4 is 25.2 Å². The fourth-order valence-electron chi connectivity index (χ4n) is 5.90. The van der Waals surface area contributed by atoms with Gasteiger partial charge in [-0.05, 0) is 67.8 Å². The Morgan fingerprint density at radius 3 is 2.46 bits per heavy atom. The summed E-state index contributed by atoms with van der Waals surface area (Å²) < 4.78 is 72.6. The Bertz CT molecular complexity index is 1710. The van der Waals surface area contributed by atoms with Gasteiger partial charge in [-0.3, -0.25) is 0 Å². The molecule has 250 valence electrons. The van der Waals surface area contributed by atoms with E-state index in [0.29, 0.717) is 62.6 Å². The van der Waals surface area contributed by atoms with Gasteiger partial charge >= 0.3 is 0 Å². The minimum atomic E-state index is -3.75. The van der Waals surface area contributed by atoms with Crippen molar-refractivity contribution in [1.29, 1.82) is 0 Å². The Labute approximate surface area is 270 Å². The number of hydrogen-bond acceptors (Lipinski definition) is 10. The van der Waals surface area contributed by atoms with Gasteiger partial charge in [0, 0.05) is 43.9 Å². The monoisotopic (exact) mass is 674 g/mol. The number of nitrogens with one attached hydrogen (secondary N) is 2. The predicted molar refractivity (Wildman–Crippen MR) is 174 cm³/mol. The van der Waals surface area contributed by atoms with Crippen molar-refractivity contribution >= 4 is 20.0 Å². The molecule has 2 saturated heterocycles. The fourth-order valence-corrected chi connectivity index (χ4v) is 8.14. The molecule has 0 saturated carbocycles. The number of nitrogens with two attached hydrogens (primary N) is 1. The lowest BCUT2D eigenvalue weighted by molar-refractivity contribution is -0.0312. The summed E-state index contributed by atoms with van der Waals surface area (Å²) in [6.45, 7) is 1.78. The zero-order valence-corrected chi connectivity index (χ0v) is 27.6. The van der Waals surface area contributed by atoms with Crippen LogP contribution in [0.3, 0.4) is 0 Å². The standard InChI is InChI=1S/C32H42N4O8S2/c1-34-45(38,39)28-5-3-4-27(16-28)43-22-26(37)20-35-25-18-32(44-21-25)12-14-36(15-13-32)46(40,41)29-10-11-31(42-2)30(17-29)24-8-6-23(19-33)7-9-24/h3-11,16-17,25-26,34-35,37H,12-15,18-22,33H2,1-2H3. The molecule has 2 fully saturated rings. The lowest BCUT2D eigenvalue weighted by Crippen LogP contribution is -2.47. The summed E-state index contributed by atoms with van der Waals surface area (Å²) in [5.41, 5.74) is 7.81. The van der Waals surface area contributed by atoms with Gasteiger partial charge in [0.2, 0.25) is 20.0 Å². The van der Waals surface area contributed by atoms with Gasteiger partial charge in [-0.1, -0.05) is 30.3 Å². The molecule has 0 amide bonds. The van der Waals surface area contributed by atoms with Crippen molar-refractivity contribution < 1.29 is 36.2 Å². The number of rotatable bonds is 13. The highest BCUT2D eigenvalue weighted by atomic mass is 32.2. The SMILES string of the molecule is CNS(=O)(=O)c1cccc(OCC(O)CNC2COC3(CCN(S(=O)(=O)c4ccc(OC)c(-c5ccc(CN)cc5)c4)CC3)C2)c1. The second-order valence-corrected chi connectivity index (χ2v) is 15.4. The van der Waals surface area contributed by atoms with Gasteiger partial charge in [-0.15, -0.1) is 0 Å². The highest BCUT2D eigenvalue weighted by Crippen LogP contribution is 2.39. The average molecular weight is 675 g/mol. The third-order valence-electron chi connectivity index (χ3n) is 8.62.